The van der Waals surface area contributed by atoms with E-state index in [-0.39, 0.29) is 11.9 Å². The Kier molecular flexibility index (Phi) is 5.39. The highest BCUT2D eigenvalue weighted by Gasteiger charge is 2.30. The molecule has 0 fully saturated rings. The van der Waals surface area contributed by atoms with Gasteiger partial charge in [-0.1, -0.05) is 18.2 Å². The van der Waals surface area contributed by atoms with Gasteiger partial charge in [0.2, 0.25) is 0 Å². The molecule has 0 radical (unpaired) electrons. The van der Waals surface area contributed by atoms with E-state index < -0.39 is 17.3 Å². The largest absolute Gasteiger partial charge is 0.478 e. The van der Waals surface area contributed by atoms with Gasteiger partial charge in [0, 0.05) is 11.6 Å². The Morgan fingerprint density at radius 2 is 1.91 bits per heavy atom. The van der Waals surface area contributed by atoms with E-state index in [1.165, 1.54) is 12.1 Å². The van der Waals surface area contributed by atoms with Crippen LogP contribution in [0.4, 0.5) is 10.2 Å². The van der Waals surface area contributed by atoms with Gasteiger partial charge in [-0.25, -0.2) is 14.2 Å². The Morgan fingerprint density at radius 1 is 1.11 bits per heavy atom. The van der Waals surface area contributed by atoms with Gasteiger partial charge < -0.3 is 9.67 Å². The number of anilines is 1. The van der Waals surface area contributed by atoms with Crippen LogP contribution in [0.3, 0.4) is 0 Å². The van der Waals surface area contributed by atoms with E-state index in [0.29, 0.717) is 46.1 Å². The zero-order valence-corrected chi connectivity index (χ0v) is 19.4. The molecule has 2 aromatic heterocycles. The van der Waals surface area contributed by atoms with Gasteiger partial charge in [0.05, 0.1) is 12.1 Å². The molecule has 0 spiro atoms. The molecule has 2 aromatic carbocycles. The summed E-state index contributed by atoms with van der Waals surface area (Å²) >= 11 is 0. The first kappa shape index (κ1) is 22.4. The van der Waals surface area contributed by atoms with Crippen LogP contribution in [0.15, 0.2) is 54.9 Å². The summed E-state index contributed by atoms with van der Waals surface area (Å²) in [7, 11) is 0. The minimum absolute atomic E-state index is 0.151. The number of halogens is 1. The number of nitrogens with zero attached hydrogens (tertiary/aromatic N) is 5. The minimum atomic E-state index is -1.34. The molecule has 1 amide bonds. The fourth-order valence-corrected chi connectivity index (χ4v) is 4.30. The average molecular weight is 471 g/mol. The number of amides is 1. The van der Waals surface area contributed by atoms with Crippen molar-refractivity contribution in [3.63, 3.8) is 0 Å². The number of fused-ring (bicyclic) bond motifs is 1. The van der Waals surface area contributed by atoms with Crippen molar-refractivity contribution in [3.05, 3.63) is 82.9 Å². The molecule has 35 heavy (non-hydrogen) atoms. The van der Waals surface area contributed by atoms with Crippen LogP contribution in [0.2, 0.25) is 0 Å². The zero-order chi connectivity index (χ0) is 24.9. The first-order valence-electron chi connectivity index (χ1n) is 11.1. The number of pyridine rings is 1. The molecule has 8 nitrogen and oxygen atoms in total. The number of carbonyl (C=O) groups is 2. The number of hydrogen-bond acceptors (Lipinski definition) is 5. The SMILES string of the molecule is Cc1cc(F)c(C(=O)O)cc1-c1ccc2c(c1)C(=O)N(c1cccc(-c3nncn3C(C)C)n1)C2. The van der Waals surface area contributed by atoms with E-state index in [4.69, 9.17) is 0 Å². The molecule has 0 saturated carbocycles. The quantitative estimate of drug-likeness (QED) is 0.445. The Hall–Kier alpha value is -4.40. The van der Waals surface area contributed by atoms with Gasteiger partial charge in [0.1, 0.15) is 23.7 Å². The summed E-state index contributed by atoms with van der Waals surface area (Å²) in [5, 5.41) is 17.5. The Bertz CT molecular complexity index is 1490. The van der Waals surface area contributed by atoms with Crippen LogP contribution < -0.4 is 4.90 Å². The predicted molar refractivity (Wildman–Crippen MR) is 128 cm³/mol. The van der Waals surface area contributed by atoms with Crippen LogP contribution in [0.25, 0.3) is 22.6 Å². The molecule has 1 aliphatic rings. The number of aromatic nitrogens is 4. The minimum Gasteiger partial charge on any atom is -0.478 e. The third-order valence-electron chi connectivity index (χ3n) is 6.14. The number of aryl methyl sites for hydroxylation is 1. The van der Waals surface area contributed by atoms with Crippen molar-refractivity contribution in [1.29, 1.82) is 0 Å². The maximum absolute atomic E-state index is 14.1. The molecular formula is C26H22FN5O3. The molecule has 3 heterocycles. The van der Waals surface area contributed by atoms with Gasteiger partial charge >= 0.3 is 5.97 Å². The molecular weight excluding hydrogens is 449 g/mol. The van der Waals surface area contributed by atoms with Crippen molar-refractivity contribution in [2.45, 2.75) is 33.4 Å². The van der Waals surface area contributed by atoms with Crippen LogP contribution in [0.5, 0.6) is 0 Å². The number of aromatic carboxylic acids is 1. The highest BCUT2D eigenvalue weighted by Crippen LogP contribution is 2.33. The Morgan fingerprint density at radius 3 is 2.66 bits per heavy atom. The highest BCUT2D eigenvalue weighted by atomic mass is 19.1. The summed E-state index contributed by atoms with van der Waals surface area (Å²) in [6.45, 7) is 6.11. The van der Waals surface area contributed by atoms with Crippen molar-refractivity contribution in [2.24, 2.45) is 0 Å². The summed E-state index contributed by atoms with van der Waals surface area (Å²) in [6.07, 6.45) is 1.65. The number of carboxylic acid groups (broad SMARTS) is 1. The summed E-state index contributed by atoms with van der Waals surface area (Å²) in [5.41, 5.74) is 3.32. The summed E-state index contributed by atoms with van der Waals surface area (Å²) < 4.78 is 16.0. The van der Waals surface area contributed by atoms with Gasteiger partial charge in [0.15, 0.2) is 5.82 Å². The number of rotatable bonds is 5. The molecule has 0 aliphatic carbocycles. The third kappa shape index (κ3) is 3.84. The molecule has 0 unspecified atom stereocenters. The van der Waals surface area contributed by atoms with E-state index in [1.54, 1.807) is 30.3 Å². The topological polar surface area (TPSA) is 101 Å². The lowest BCUT2D eigenvalue weighted by Crippen LogP contribution is -2.24. The van der Waals surface area contributed by atoms with Gasteiger partial charge in [-0.05, 0) is 73.4 Å². The molecule has 0 bridgehead atoms. The highest BCUT2D eigenvalue weighted by molar-refractivity contribution is 6.10. The van der Waals surface area contributed by atoms with Crippen LogP contribution in [0.1, 0.15) is 51.7 Å². The maximum atomic E-state index is 14.1. The molecule has 176 valence electrons. The fraction of sp³-hybridized carbons (Fsp3) is 0.192. The van der Waals surface area contributed by atoms with Crippen molar-refractivity contribution >= 4 is 17.7 Å². The van der Waals surface area contributed by atoms with Gasteiger partial charge in [0.25, 0.3) is 5.91 Å². The van der Waals surface area contributed by atoms with Crippen molar-refractivity contribution in [1.82, 2.24) is 19.7 Å². The second-order valence-electron chi connectivity index (χ2n) is 8.75. The van der Waals surface area contributed by atoms with E-state index in [1.807, 2.05) is 42.7 Å². The molecule has 0 atom stereocenters. The lowest BCUT2D eigenvalue weighted by Gasteiger charge is -2.16. The lowest BCUT2D eigenvalue weighted by molar-refractivity contribution is 0.0691. The fourth-order valence-electron chi connectivity index (χ4n) is 4.30. The van der Waals surface area contributed by atoms with Crippen molar-refractivity contribution < 1.29 is 19.1 Å². The molecule has 1 aliphatic heterocycles. The molecule has 1 N–H and O–H groups in total. The second-order valence-corrected chi connectivity index (χ2v) is 8.75. The van der Waals surface area contributed by atoms with Gasteiger partial charge in [-0.3, -0.25) is 9.69 Å². The lowest BCUT2D eigenvalue weighted by atomic mass is 9.95. The summed E-state index contributed by atoms with van der Waals surface area (Å²) in [4.78, 5) is 31.1. The van der Waals surface area contributed by atoms with Crippen LogP contribution in [-0.4, -0.2) is 36.7 Å². The summed E-state index contributed by atoms with van der Waals surface area (Å²) in [6, 6.07) is 13.5. The molecule has 0 saturated heterocycles. The predicted octanol–water partition coefficient (Wildman–Crippen LogP) is 4.89. The van der Waals surface area contributed by atoms with Gasteiger partial charge in [-0.15, -0.1) is 10.2 Å². The normalized spacial score (nSPS) is 12.9. The maximum Gasteiger partial charge on any atom is 0.338 e. The standard InChI is InChI=1S/C26H22FN5O3/c1-14(2)32-13-28-30-24(32)22-5-4-6-23(29-22)31-12-17-8-7-16(10-19(17)25(31)33)18-11-20(26(34)35)21(27)9-15(18)3/h4-11,13-14H,12H2,1-3H3,(H,34,35). The van der Waals surface area contributed by atoms with Crippen molar-refractivity contribution in [3.8, 4) is 22.6 Å². The zero-order valence-electron chi connectivity index (χ0n) is 19.4. The number of hydrogen-bond donors (Lipinski definition) is 1. The Balaban J connectivity index is 1.50. The second kappa shape index (κ2) is 8.43. The van der Waals surface area contributed by atoms with E-state index >= 15 is 0 Å². The van der Waals surface area contributed by atoms with Crippen molar-refractivity contribution in [2.75, 3.05) is 4.90 Å². The monoisotopic (exact) mass is 471 g/mol. The smallest absolute Gasteiger partial charge is 0.338 e. The van der Waals surface area contributed by atoms with E-state index in [2.05, 4.69) is 15.2 Å². The third-order valence-corrected chi connectivity index (χ3v) is 6.14. The Labute approximate surface area is 200 Å². The molecule has 9 heteroatoms. The average Bonchev–Trinajstić information content (AvgIpc) is 3.44. The number of benzene rings is 2. The van der Waals surface area contributed by atoms with Gasteiger partial charge in [-0.2, -0.15) is 0 Å². The van der Waals surface area contributed by atoms with Crippen LogP contribution in [-0.2, 0) is 6.54 Å². The van der Waals surface area contributed by atoms with E-state index in [0.717, 1.165) is 5.56 Å². The number of carbonyl (C=O) groups excluding carboxylic acids is 1. The van der Waals surface area contributed by atoms with Crippen LogP contribution in [0, 0.1) is 12.7 Å². The number of carboxylic acids is 1. The van der Waals surface area contributed by atoms with E-state index in [9.17, 15) is 19.1 Å². The first-order valence-corrected chi connectivity index (χ1v) is 11.1. The first-order chi connectivity index (χ1) is 16.7. The summed E-state index contributed by atoms with van der Waals surface area (Å²) in [5.74, 6) is -1.23. The molecule has 4 aromatic rings. The van der Waals surface area contributed by atoms with Crippen LogP contribution >= 0.6 is 0 Å². The molecule has 5 rings (SSSR count).